The average Bonchev–Trinajstić information content (AvgIpc) is 2.15. The van der Waals surface area contributed by atoms with Gasteiger partial charge in [-0.2, -0.15) is 0 Å². The maximum Gasteiger partial charge on any atom is 0.318 e. The Morgan fingerprint density at radius 1 is 1.44 bits per heavy atom. The van der Waals surface area contributed by atoms with Crippen LogP contribution in [0.15, 0.2) is 0 Å². The minimum Gasteiger partial charge on any atom is -0.481 e. The summed E-state index contributed by atoms with van der Waals surface area (Å²) in [6, 6.07) is -0.612. The second kappa shape index (κ2) is 7.20. The van der Waals surface area contributed by atoms with Gasteiger partial charge in [0.15, 0.2) is 0 Å². The van der Waals surface area contributed by atoms with E-state index in [0.717, 1.165) is 0 Å². The van der Waals surface area contributed by atoms with E-state index in [1.54, 1.807) is 14.0 Å². The summed E-state index contributed by atoms with van der Waals surface area (Å²) in [5.74, 6) is -0.912. The van der Waals surface area contributed by atoms with E-state index >= 15 is 0 Å². The number of rotatable bonds is 7. The predicted molar refractivity (Wildman–Crippen MR) is 68.6 cm³/mol. The average molecular weight is 260 g/mol. The molecule has 2 N–H and O–H groups in total. The summed E-state index contributed by atoms with van der Waals surface area (Å²) >= 11 is 0. The third-order valence-electron chi connectivity index (χ3n) is 2.55. The van der Waals surface area contributed by atoms with Gasteiger partial charge in [0.2, 0.25) is 0 Å². The second-order valence-corrected chi connectivity index (χ2v) is 4.98. The number of ether oxygens (including phenoxy) is 1. The molecule has 0 aromatic rings. The second-order valence-electron chi connectivity index (χ2n) is 4.98. The number of hydrogen-bond acceptors (Lipinski definition) is 3. The first kappa shape index (κ1) is 16.7. The van der Waals surface area contributed by atoms with Crippen LogP contribution in [0.4, 0.5) is 4.79 Å². The van der Waals surface area contributed by atoms with E-state index < -0.39 is 11.5 Å². The first-order chi connectivity index (χ1) is 8.23. The fourth-order valence-electron chi connectivity index (χ4n) is 1.78. The molecule has 1 atom stereocenters. The zero-order valence-corrected chi connectivity index (χ0v) is 11.8. The lowest BCUT2D eigenvalue weighted by Gasteiger charge is -2.32. The molecule has 106 valence electrons. The molecule has 0 radical (unpaired) electrons. The molecule has 0 aromatic heterocycles. The molecule has 0 spiro atoms. The molecule has 6 nitrogen and oxygen atoms in total. The van der Waals surface area contributed by atoms with Crippen LogP contribution in [0.3, 0.4) is 0 Å². The summed E-state index contributed by atoms with van der Waals surface area (Å²) in [5, 5.41) is 11.6. The van der Waals surface area contributed by atoms with Crippen LogP contribution >= 0.6 is 0 Å². The Morgan fingerprint density at radius 2 is 2.00 bits per heavy atom. The van der Waals surface area contributed by atoms with Gasteiger partial charge >= 0.3 is 12.0 Å². The van der Waals surface area contributed by atoms with Crippen LogP contribution in [0.25, 0.3) is 0 Å². The summed E-state index contributed by atoms with van der Waals surface area (Å²) < 4.78 is 5.02. The van der Waals surface area contributed by atoms with Crippen molar-refractivity contribution in [1.29, 1.82) is 0 Å². The fraction of sp³-hybridized carbons (Fsp3) is 0.833. The van der Waals surface area contributed by atoms with Crippen molar-refractivity contribution < 1.29 is 19.4 Å². The minimum absolute atomic E-state index is 0.0635. The standard InChI is InChI=1S/C12H24N2O4/c1-6-14(9(2)7-10(15)16)11(17)13-12(3,4)8-18-5/h9H,6-8H2,1-5H3,(H,13,17)(H,15,16). The summed E-state index contributed by atoms with van der Waals surface area (Å²) in [4.78, 5) is 24.2. The lowest BCUT2D eigenvalue weighted by atomic mass is 10.1. The number of aliphatic carboxylic acids is 1. The third kappa shape index (κ3) is 5.86. The van der Waals surface area contributed by atoms with Gasteiger partial charge in [0, 0.05) is 19.7 Å². The van der Waals surface area contributed by atoms with Crippen LogP contribution in [0, 0.1) is 0 Å². The van der Waals surface area contributed by atoms with E-state index in [2.05, 4.69) is 5.32 Å². The molecule has 2 amide bonds. The van der Waals surface area contributed by atoms with E-state index in [4.69, 9.17) is 9.84 Å². The number of methoxy groups -OCH3 is 1. The highest BCUT2D eigenvalue weighted by Gasteiger charge is 2.26. The van der Waals surface area contributed by atoms with Gasteiger partial charge in [-0.15, -0.1) is 0 Å². The summed E-state index contributed by atoms with van der Waals surface area (Å²) in [7, 11) is 1.57. The monoisotopic (exact) mass is 260 g/mol. The van der Waals surface area contributed by atoms with E-state index in [1.165, 1.54) is 4.90 Å². The Bertz CT molecular complexity index is 292. The van der Waals surface area contributed by atoms with Crippen molar-refractivity contribution >= 4 is 12.0 Å². The molecule has 0 heterocycles. The minimum atomic E-state index is -0.912. The molecule has 0 aromatic carbocycles. The predicted octanol–water partition coefficient (Wildman–Crippen LogP) is 1.31. The summed E-state index contributed by atoms with van der Waals surface area (Å²) in [6.45, 7) is 8.10. The Balaban J connectivity index is 4.56. The van der Waals surface area contributed by atoms with Crippen molar-refractivity contribution in [3.63, 3.8) is 0 Å². The van der Waals surface area contributed by atoms with Crippen molar-refractivity contribution in [2.45, 2.75) is 45.7 Å². The molecule has 18 heavy (non-hydrogen) atoms. The molecule has 0 fully saturated rings. The summed E-state index contributed by atoms with van der Waals surface area (Å²) in [5.41, 5.74) is -0.484. The number of hydrogen-bond donors (Lipinski definition) is 2. The van der Waals surface area contributed by atoms with Crippen molar-refractivity contribution in [3.8, 4) is 0 Å². The molecular weight excluding hydrogens is 236 g/mol. The Morgan fingerprint density at radius 3 is 2.39 bits per heavy atom. The number of urea groups is 1. The van der Waals surface area contributed by atoms with Crippen LogP contribution in [-0.4, -0.2) is 53.8 Å². The van der Waals surface area contributed by atoms with E-state index in [9.17, 15) is 9.59 Å². The number of carbonyl (C=O) groups is 2. The molecule has 0 aliphatic heterocycles. The lowest BCUT2D eigenvalue weighted by molar-refractivity contribution is -0.138. The van der Waals surface area contributed by atoms with Crippen LogP contribution in [0.1, 0.15) is 34.1 Å². The van der Waals surface area contributed by atoms with Gasteiger partial charge in [0.25, 0.3) is 0 Å². The molecule has 0 aliphatic carbocycles. The number of carboxylic acid groups (broad SMARTS) is 1. The third-order valence-corrected chi connectivity index (χ3v) is 2.55. The zero-order chi connectivity index (χ0) is 14.3. The zero-order valence-electron chi connectivity index (χ0n) is 11.8. The SMILES string of the molecule is CCN(C(=O)NC(C)(C)COC)C(C)CC(=O)O. The first-order valence-corrected chi connectivity index (χ1v) is 6.03. The van der Waals surface area contributed by atoms with Crippen LogP contribution in [0.2, 0.25) is 0 Å². The lowest BCUT2D eigenvalue weighted by Crippen LogP contribution is -2.54. The molecule has 6 heteroatoms. The molecule has 0 saturated carbocycles. The quantitative estimate of drug-likeness (QED) is 0.723. The first-order valence-electron chi connectivity index (χ1n) is 6.03. The molecular formula is C12H24N2O4. The molecule has 0 rings (SSSR count). The number of carboxylic acids is 1. The van der Waals surface area contributed by atoms with Gasteiger partial charge in [0.05, 0.1) is 18.6 Å². The van der Waals surface area contributed by atoms with Gasteiger partial charge in [-0.25, -0.2) is 4.79 Å². The Hall–Kier alpha value is -1.30. The van der Waals surface area contributed by atoms with Crippen LogP contribution in [-0.2, 0) is 9.53 Å². The highest BCUT2D eigenvalue weighted by atomic mass is 16.5. The number of amides is 2. The largest absolute Gasteiger partial charge is 0.481 e. The van der Waals surface area contributed by atoms with E-state index in [0.29, 0.717) is 13.2 Å². The number of nitrogens with zero attached hydrogens (tertiary/aromatic N) is 1. The molecule has 0 aliphatic rings. The molecule has 0 saturated heterocycles. The van der Waals surface area contributed by atoms with Crippen molar-refractivity contribution in [1.82, 2.24) is 10.2 Å². The fourth-order valence-corrected chi connectivity index (χ4v) is 1.78. The topological polar surface area (TPSA) is 78.9 Å². The Labute approximate surface area is 108 Å². The highest BCUT2D eigenvalue weighted by Crippen LogP contribution is 2.08. The molecule has 1 unspecified atom stereocenters. The van der Waals surface area contributed by atoms with Gasteiger partial charge in [-0.1, -0.05) is 0 Å². The van der Waals surface area contributed by atoms with Crippen LogP contribution in [0.5, 0.6) is 0 Å². The van der Waals surface area contributed by atoms with E-state index in [-0.39, 0.29) is 18.5 Å². The van der Waals surface area contributed by atoms with Crippen LogP contribution < -0.4 is 5.32 Å². The highest BCUT2D eigenvalue weighted by molar-refractivity contribution is 5.76. The van der Waals surface area contributed by atoms with Crippen molar-refractivity contribution in [2.24, 2.45) is 0 Å². The van der Waals surface area contributed by atoms with Gasteiger partial charge in [-0.05, 0) is 27.7 Å². The van der Waals surface area contributed by atoms with Gasteiger partial charge in [0.1, 0.15) is 0 Å². The normalized spacial score (nSPS) is 12.9. The van der Waals surface area contributed by atoms with Gasteiger partial charge in [-0.3, -0.25) is 4.79 Å². The maximum atomic E-state index is 12.1. The van der Waals surface area contributed by atoms with Crippen molar-refractivity contribution in [3.05, 3.63) is 0 Å². The smallest absolute Gasteiger partial charge is 0.318 e. The van der Waals surface area contributed by atoms with Crippen molar-refractivity contribution in [2.75, 3.05) is 20.3 Å². The number of nitrogens with one attached hydrogen (secondary N) is 1. The number of carbonyl (C=O) groups excluding carboxylic acids is 1. The van der Waals surface area contributed by atoms with Gasteiger partial charge < -0.3 is 20.1 Å². The molecule has 0 bridgehead atoms. The van der Waals surface area contributed by atoms with E-state index in [1.807, 2.05) is 20.8 Å². The maximum absolute atomic E-state index is 12.1. The Kier molecular flexibility index (Phi) is 6.68. The summed E-state index contributed by atoms with van der Waals surface area (Å²) in [6.07, 6.45) is -0.0635.